The van der Waals surface area contributed by atoms with Gasteiger partial charge in [-0.15, -0.1) is 0 Å². The lowest BCUT2D eigenvalue weighted by molar-refractivity contribution is -0.132. The monoisotopic (exact) mass is 705 g/mol. The fraction of sp³-hybridized carbons (Fsp3) is 0.368. The third kappa shape index (κ3) is 7.88. The van der Waals surface area contributed by atoms with E-state index in [4.69, 9.17) is 14.2 Å². The number of ether oxygens (including phenoxy) is 3. The summed E-state index contributed by atoms with van der Waals surface area (Å²) in [5.74, 6) is 1.13. The van der Waals surface area contributed by atoms with Crippen LogP contribution in [-0.4, -0.2) is 117 Å². The Kier molecular flexibility index (Phi) is 10.4. The van der Waals surface area contributed by atoms with Gasteiger partial charge in [0, 0.05) is 81.9 Å². The summed E-state index contributed by atoms with van der Waals surface area (Å²) in [5, 5.41) is 15.8. The number of fused-ring (bicyclic) bond motifs is 1. The molecule has 3 aromatic heterocycles. The number of nitrogens with one attached hydrogen (secondary N) is 2. The number of amides is 2. The number of aromatic amines is 1. The summed E-state index contributed by atoms with van der Waals surface area (Å²) in [4.78, 5) is 39.4. The summed E-state index contributed by atoms with van der Waals surface area (Å²) in [6, 6.07) is 17.6. The number of hydrogen-bond acceptors (Lipinski definition) is 10. The van der Waals surface area contributed by atoms with Crippen LogP contribution in [-0.2, 0) is 26.1 Å². The van der Waals surface area contributed by atoms with Crippen LogP contribution in [0, 0.1) is 0 Å². The minimum absolute atomic E-state index is 0.0795. The lowest BCUT2D eigenvalue weighted by atomic mass is 9.98. The zero-order valence-corrected chi connectivity index (χ0v) is 29.7. The lowest BCUT2D eigenvalue weighted by Gasteiger charge is -2.30. The van der Waals surface area contributed by atoms with E-state index in [1.54, 1.807) is 37.5 Å². The Balaban J connectivity index is 0.916. The van der Waals surface area contributed by atoms with E-state index in [2.05, 4.69) is 53.7 Å². The van der Waals surface area contributed by atoms with Gasteiger partial charge in [0.15, 0.2) is 5.82 Å². The quantitative estimate of drug-likeness (QED) is 0.171. The van der Waals surface area contributed by atoms with Crippen molar-refractivity contribution in [2.45, 2.75) is 24.9 Å². The lowest BCUT2D eigenvalue weighted by Crippen LogP contribution is -2.44. The molecule has 52 heavy (non-hydrogen) atoms. The second-order valence-corrected chi connectivity index (χ2v) is 13.3. The summed E-state index contributed by atoms with van der Waals surface area (Å²) in [7, 11) is 5.11. The molecular formula is C38H43N9O5. The third-order valence-electron chi connectivity index (χ3n) is 9.74. The van der Waals surface area contributed by atoms with Gasteiger partial charge in [0.1, 0.15) is 18.6 Å². The van der Waals surface area contributed by atoms with Crippen molar-refractivity contribution >= 4 is 34.0 Å². The average molecular weight is 706 g/mol. The number of hydrogen-bond donors (Lipinski definition) is 2. The van der Waals surface area contributed by atoms with Crippen molar-refractivity contribution in [1.29, 1.82) is 0 Å². The molecule has 2 N–H and O–H groups in total. The predicted octanol–water partition coefficient (Wildman–Crippen LogP) is 4.18. The first-order valence-corrected chi connectivity index (χ1v) is 17.4. The number of nitrogens with zero attached hydrogens (tertiary/aromatic N) is 7. The van der Waals surface area contributed by atoms with E-state index in [0.717, 1.165) is 39.7 Å². The Morgan fingerprint density at radius 2 is 1.81 bits per heavy atom. The van der Waals surface area contributed by atoms with Crippen molar-refractivity contribution in [1.82, 2.24) is 39.7 Å². The SMILES string of the molecule is COCCOc1ccc(-c2n[nH]c3ccc(NC(=O)C[C@]4(OC)CCN(CC(=O)N5CC=C(c6ccc(-c7ncn(C)n7)cc6)CC5)C4)cc23)cn1. The van der Waals surface area contributed by atoms with Gasteiger partial charge < -0.3 is 24.4 Å². The van der Waals surface area contributed by atoms with Gasteiger partial charge in [0.05, 0.1) is 30.7 Å². The largest absolute Gasteiger partial charge is 0.475 e. The molecule has 1 atom stereocenters. The number of aryl methyl sites for hydroxylation is 1. The number of methoxy groups -OCH3 is 2. The van der Waals surface area contributed by atoms with Gasteiger partial charge >= 0.3 is 0 Å². The summed E-state index contributed by atoms with van der Waals surface area (Å²) in [5.41, 5.74) is 5.70. The number of aromatic nitrogens is 6. The Labute approximate surface area is 301 Å². The van der Waals surface area contributed by atoms with E-state index in [-0.39, 0.29) is 24.8 Å². The second-order valence-electron chi connectivity index (χ2n) is 13.3. The highest BCUT2D eigenvalue weighted by atomic mass is 16.5. The molecule has 14 heteroatoms. The molecule has 0 saturated carbocycles. The molecule has 2 aliphatic heterocycles. The van der Waals surface area contributed by atoms with E-state index in [0.29, 0.717) is 63.2 Å². The van der Waals surface area contributed by atoms with Crippen LogP contribution >= 0.6 is 0 Å². The van der Waals surface area contributed by atoms with Crippen LogP contribution in [0.3, 0.4) is 0 Å². The molecular weight excluding hydrogens is 662 g/mol. The van der Waals surface area contributed by atoms with Crippen LogP contribution in [0.4, 0.5) is 5.69 Å². The zero-order chi connectivity index (χ0) is 36.1. The van der Waals surface area contributed by atoms with Crippen molar-refractivity contribution in [2.24, 2.45) is 7.05 Å². The number of benzene rings is 2. The van der Waals surface area contributed by atoms with Crippen molar-refractivity contribution < 1.29 is 23.8 Å². The molecule has 0 spiro atoms. The maximum atomic E-state index is 13.4. The molecule has 0 unspecified atom stereocenters. The van der Waals surface area contributed by atoms with Gasteiger partial charge in [-0.25, -0.2) is 9.97 Å². The fourth-order valence-electron chi connectivity index (χ4n) is 6.84. The zero-order valence-electron chi connectivity index (χ0n) is 29.7. The number of carbonyl (C=O) groups is 2. The predicted molar refractivity (Wildman–Crippen MR) is 196 cm³/mol. The normalized spacial score (nSPS) is 17.8. The molecule has 0 radical (unpaired) electrons. The molecule has 0 aliphatic carbocycles. The summed E-state index contributed by atoms with van der Waals surface area (Å²) in [6.07, 6.45) is 7.15. The van der Waals surface area contributed by atoms with Crippen molar-refractivity contribution in [3.05, 3.63) is 78.8 Å². The van der Waals surface area contributed by atoms with E-state index >= 15 is 0 Å². The van der Waals surface area contributed by atoms with Gasteiger partial charge in [-0.2, -0.15) is 10.2 Å². The number of rotatable bonds is 13. The Bertz CT molecular complexity index is 2060. The molecule has 2 amide bonds. The fourth-order valence-corrected chi connectivity index (χ4v) is 6.84. The van der Waals surface area contributed by atoms with Crippen LogP contribution in [0.5, 0.6) is 5.88 Å². The van der Waals surface area contributed by atoms with Crippen LogP contribution in [0.2, 0.25) is 0 Å². The highest BCUT2D eigenvalue weighted by Crippen LogP contribution is 2.32. The van der Waals surface area contributed by atoms with Crippen molar-refractivity contribution in [3.8, 4) is 28.5 Å². The number of likely N-dealkylation sites (tertiary alicyclic amines) is 1. The van der Waals surface area contributed by atoms with Crippen LogP contribution < -0.4 is 10.1 Å². The number of anilines is 1. The number of H-pyrrole nitrogens is 1. The highest BCUT2D eigenvalue weighted by Gasteiger charge is 2.41. The van der Waals surface area contributed by atoms with Crippen LogP contribution in [0.25, 0.3) is 39.1 Å². The standard InChI is InChI=1S/C38H43N9O5/c1-45-25-40-37(44-45)28-6-4-26(5-7-28)27-12-15-47(16-13-27)35(49)23-46-17-14-38(24-46,51-3)21-33(48)41-30-9-10-32-31(20-30)36(43-42-32)29-8-11-34(39-22-29)52-19-18-50-2/h4-12,20,22,25H,13-19,21,23-24H2,1-3H3,(H,41,48)(H,42,43)/t38-/m1/s1. The van der Waals surface area contributed by atoms with E-state index in [9.17, 15) is 9.59 Å². The van der Waals surface area contributed by atoms with Crippen molar-refractivity contribution in [2.75, 3.05) is 65.5 Å². The molecule has 2 aromatic carbocycles. The van der Waals surface area contributed by atoms with E-state index in [1.807, 2.05) is 48.3 Å². The first-order chi connectivity index (χ1) is 25.3. The van der Waals surface area contributed by atoms with E-state index in [1.165, 1.54) is 5.57 Å². The summed E-state index contributed by atoms with van der Waals surface area (Å²) < 4.78 is 18.2. The Hall–Kier alpha value is -5.44. The molecule has 5 aromatic rings. The molecule has 5 heterocycles. The third-order valence-corrected chi connectivity index (χ3v) is 9.74. The highest BCUT2D eigenvalue weighted by molar-refractivity contribution is 5.98. The molecule has 1 saturated heterocycles. The molecule has 7 rings (SSSR count). The molecule has 0 bridgehead atoms. The number of carbonyl (C=O) groups excluding carboxylic acids is 2. The van der Waals surface area contributed by atoms with Gasteiger partial charge in [-0.3, -0.25) is 24.3 Å². The van der Waals surface area contributed by atoms with E-state index < -0.39 is 5.60 Å². The topological polar surface area (TPSA) is 153 Å². The van der Waals surface area contributed by atoms with Crippen molar-refractivity contribution in [3.63, 3.8) is 0 Å². The minimum Gasteiger partial charge on any atom is -0.475 e. The van der Waals surface area contributed by atoms with Crippen LogP contribution in [0.1, 0.15) is 24.8 Å². The van der Waals surface area contributed by atoms with Gasteiger partial charge in [-0.1, -0.05) is 30.3 Å². The maximum absolute atomic E-state index is 13.4. The minimum atomic E-state index is -0.681. The van der Waals surface area contributed by atoms with Gasteiger partial charge in [0.25, 0.3) is 0 Å². The average Bonchev–Trinajstić information content (AvgIpc) is 3.91. The van der Waals surface area contributed by atoms with Crippen LogP contribution in [0.15, 0.2) is 73.2 Å². The maximum Gasteiger partial charge on any atom is 0.237 e. The first kappa shape index (κ1) is 35.0. The number of pyridine rings is 1. The summed E-state index contributed by atoms with van der Waals surface area (Å²) >= 11 is 0. The molecule has 270 valence electrons. The smallest absolute Gasteiger partial charge is 0.237 e. The molecule has 14 nitrogen and oxygen atoms in total. The molecule has 2 aliphatic rings. The molecule has 1 fully saturated rings. The van der Waals surface area contributed by atoms with Gasteiger partial charge in [-0.05, 0) is 48.2 Å². The Morgan fingerprint density at radius 1 is 0.981 bits per heavy atom. The summed E-state index contributed by atoms with van der Waals surface area (Å²) in [6.45, 7) is 3.58. The Morgan fingerprint density at radius 3 is 2.52 bits per heavy atom. The first-order valence-electron chi connectivity index (χ1n) is 17.4. The van der Waals surface area contributed by atoms with Gasteiger partial charge in [0.2, 0.25) is 17.7 Å². The second kappa shape index (κ2) is 15.4.